The average molecular weight is 635 g/mol. The highest BCUT2D eigenvalue weighted by Crippen LogP contribution is 2.33. The van der Waals surface area contributed by atoms with Crippen LogP contribution in [-0.2, 0) is 26.2 Å². The minimum atomic E-state index is -4.30. The molecule has 7 nitrogen and oxygen atoms in total. The SMILES string of the molecule is CCC(C(=O)NC1CCCC1)N(Cc1ccc(F)cc1)C(=O)CN(c1cc(Cl)ccc1Cl)S(=O)(=O)c1ccc(C)cc1. The fourth-order valence-electron chi connectivity index (χ4n) is 5.10. The number of hydrogen-bond donors (Lipinski definition) is 1. The van der Waals surface area contributed by atoms with Crippen molar-refractivity contribution in [1.82, 2.24) is 10.2 Å². The van der Waals surface area contributed by atoms with E-state index < -0.39 is 34.3 Å². The highest BCUT2D eigenvalue weighted by Gasteiger charge is 2.35. The molecule has 3 aromatic carbocycles. The molecule has 1 atom stereocenters. The third kappa shape index (κ3) is 7.62. The van der Waals surface area contributed by atoms with Crippen molar-refractivity contribution in [1.29, 1.82) is 0 Å². The number of nitrogens with zero attached hydrogens (tertiary/aromatic N) is 2. The normalized spacial score (nSPS) is 14.4. The molecule has 1 aliphatic carbocycles. The monoisotopic (exact) mass is 633 g/mol. The third-order valence-electron chi connectivity index (χ3n) is 7.42. The molecular weight excluding hydrogens is 600 g/mol. The second-order valence-corrected chi connectivity index (χ2v) is 13.2. The summed E-state index contributed by atoms with van der Waals surface area (Å²) in [6.45, 7) is 2.95. The van der Waals surface area contributed by atoms with Crippen molar-refractivity contribution >= 4 is 50.7 Å². The van der Waals surface area contributed by atoms with Gasteiger partial charge in [-0.25, -0.2) is 12.8 Å². The Bertz CT molecular complexity index is 1510. The molecule has 0 heterocycles. The Morgan fingerprint density at radius 3 is 2.26 bits per heavy atom. The molecule has 4 rings (SSSR count). The van der Waals surface area contributed by atoms with Crippen molar-refractivity contribution in [2.45, 2.75) is 69.5 Å². The number of carbonyl (C=O) groups excluding carboxylic acids is 2. The van der Waals surface area contributed by atoms with Crippen LogP contribution in [0.25, 0.3) is 0 Å². The first-order valence-electron chi connectivity index (χ1n) is 13.9. The Morgan fingerprint density at radius 1 is 1.00 bits per heavy atom. The van der Waals surface area contributed by atoms with Crippen LogP contribution in [0.3, 0.4) is 0 Å². The fraction of sp³-hybridized carbons (Fsp3) is 0.355. The fourth-order valence-corrected chi connectivity index (χ4v) is 6.96. The molecule has 1 N–H and O–H groups in total. The molecule has 2 amide bonds. The van der Waals surface area contributed by atoms with E-state index in [2.05, 4.69) is 5.32 Å². The minimum absolute atomic E-state index is 0.0259. The first-order chi connectivity index (χ1) is 20.0. The smallest absolute Gasteiger partial charge is 0.264 e. The minimum Gasteiger partial charge on any atom is -0.352 e. The van der Waals surface area contributed by atoms with Crippen molar-refractivity contribution < 1.29 is 22.4 Å². The van der Waals surface area contributed by atoms with Gasteiger partial charge in [0.25, 0.3) is 10.0 Å². The second-order valence-electron chi connectivity index (χ2n) is 10.5. The number of hydrogen-bond acceptors (Lipinski definition) is 4. The molecule has 3 aromatic rings. The van der Waals surface area contributed by atoms with E-state index in [4.69, 9.17) is 23.2 Å². The molecule has 1 saturated carbocycles. The number of sulfonamides is 1. The summed E-state index contributed by atoms with van der Waals surface area (Å²) in [6.07, 6.45) is 4.06. The van der Waals surface area contributed by atoms with E-state index in [0.717, 1.165) is 35.6 Å². The second kappa shape index (κ2) is 13.9. The summed E-state index contributed by atoms with van der Waals surface area (Å²) in [7, 11) is -4.30. The van der Waals surface area contributed by atoms with E-state index in [-0.39, 0.29) is 45.5 Å². The molecule has 0 radical (unpaired) electrons. The van der Waals surface area contributed by atoms with Crippen LogP contribution in [0.2, 0.25) is 10.0 Å². The van der Waals surface area contributed by atoms with Crippen molar-refractivity contribution in [2.24, 2.45) is 0 Å². The Labute approximate surface area is 256 Å². The van der Waals surface area contributed by atoms with Crippen LogP contribution >= 0.6 is 23.2 Å². The summed E-state index contributed by atoms with van der Waals surface area (Å²) < 4.78 is 42.6. The van der Waals surface area contributed by atoms with Crippen molar-refractivity contribution in [2.75, 3.05) is 10.8 Å². The first-order valence-corrected chi connectivity index (χ1v) is 16.1. The average Bonchev–Trinajstić information content (AvgIpc) is 3.47. The summed E-state index contributed by atoms with van der Waals surface area (Å²) in [6, 6.07) is 15.4. The Kier molecular flexibility index (Phi) is 10.5. The van der Waals surface area contributed by atoms with Gasteiger partial charge in [-0.1, -0.05) is 72.8 Å². The number of benzene rings is 3. The van der Waals surface area contributed by atoms with E-state index in [0.29, 0.717) is 5.56 Å². The molecule has 0 aliphatic heterocycles. The van der Waals surface area contributed by atoms with Crippen LogP contribution in [-0.4, -0.2) is 43.8 Å². The van der Waals surface area contributed by atoms with Gasteiger partial charge in [-0.05, 0) is 74.2 Å². The van der Waals surface area contributed by atoms with E-state index in [9.17, 15) is 22.4 Å². The number of anilines is 1. The Morgan fingerprint density at radius 2 is 1.64 bits per heavy atom. The lowest BCUT2D eigenvalue weighted by molar-refractivity contribution is -0.140. The standard InChI is InChI=1S/C31H34Cl2FN3O4S/c1-3-28(31(39)35-25-6-4-5-7-25)36(19-22-10-13-24(34)14-11-22)30(38)20-37(29-18-23(32)12-17-27(29)33)42(40,41)26-15-8-21(2)9-16-26/h8-18,25,28H,3-7,19-20H2,1-2H3,(H,35,39). The van der Waals surface area contributed by atoms with Gasteiger partial charge in [0, 0.05) is 17.6 Å². The number of nitrogens with one attached hydrogen (secondary N) is 1. The van der Waals surface area contributed by atoms with Crippen LogP contribution in [0.5, 0.6) is 0 Å². The largest absolute Gasteiger partial charge is 0.352 e. The summed E-state index contributed by atoms with van der Waals surface area (Å²) in [5.74, 6) is -1.37. The number of amides is 2. The van der Waals surface area contributed by atoms with Gasteiger partial charge in [-0.3, -0.25) is 13.9 Å². The third-order valence-corrected chi connectivity index (χ3v) is 9.75. The van der Waals surface area contributed by atoms with Crippen LogP contribution in [0.4, 0.5) is 10.1 Å². The zero-order valence-electron chi connectivity index (χ0n) is 23.5. The van der Waals surface area contributed by atoms with E-state index in [1.807, 2.05) is 6.92 Å². The predicted octanol–water partition coefficient (Wildman–Crippen LogP) is 6.50. The van der Waals surface area contributed by atoms with Gasteiger partial charge < -0.3 is 10.2 Å². The van der Waals surface area contributed by atoms with Gasteiger partial charge in [0.1, 0.15) is 18.4 Å². The van der Waals surface area contributed by atoms with Crippen LogP contribution in [0.1, 0.15) is 50.2 Å². The first kappa shape index (κ1) is 31.8. The molecule has 0 bridgehead atoms. The zero-order valence-corrected chi connectivity index (χ0v) is 25.9. The van der Waals surface area contributed by atoms with Crippen molar-refractivity contribution in [3.05, 3.63) is 93.7 Å². The number of halogens is 3. The number of carbonyl (C=O) groups is 2. The molecule has 0 spiro atoms. The summed E-state index contributed by atoms with van der Waals surface area (Å²) in [5, 5.41) is 3.38. The number of aryl methyl sites for hydroxylation is 1. The molecule has 11 heteroatoms. The van der Waals surface area contributed by atoms with Gasteiger partial charge in [-0.2, -0.15) is 0 Å². The summed E-state index contributed by atoms with van der Waals surface area (Å²) in [4.78, 5) is 29.0. The van der Waals surface area contributed by atoms with Crippen molar-refractivity contribution in [3.8, 4) is 0 Å². The van der Waals surface area contributed by atoms with E-state index >= 15 is 0 Å². The van der Waals surface area contributed by atoms with E-state index in [1.165, 1.54) is 59.5 Å². The lowest BCUT2D eigenvalue weighted by Gasteiger charge is -2.34. The maximum atomic E-state index is 14.2. The Hall–Kier alpha value is -3.14. The van der Waals surface area contributed by atoms with Gasteiger partial charge in [-0.15, -0.1) is 0 Å². The maximum Gasteiger partial charge on any atom is 0.264 e. The highest BCUT2D eigenvalue weighted by atomic mass is 35.5. The lowest BCUT2D eigenvalue weighted by atomic mass is 10.1. The van der Waals surface area contributed by atoms with Crippen LogP contribution in [0.15, 0.2) is 71.6 Å². The van der Waals surface area contributed by atoms with Crippen LogP contribution in [0, 0.1) is 12.7 Å². The molecule has 224 valence electrons. The van der Waals surface area contributed by atoms with E-state index in [1.54, 1.807) is 19.1 Å². The quantitative estimate of drug-likeness (QED) is 0.261. The summed E-state index contributed by atoms with van der Waals surface area (Å²) in [5.41, 5.74) is 1.48. The predicted molar refractivity (Wildman–Crippen MR) is 164 cm³/mol. The molecule has 42 heavy (non-hydrogen) atoms. The lowest BCUT2D eigenvalue weighted by Crippen LogP contribution is -2.53. The molecule has 0 saturated heterocycles. The van der Waals surface area contributed by atoms with Gasteiger partial charge in [0.2, 0.25) is 11.8 Å². The molecule has 0 aromatic heterocycles. The molecule has 1 unspecified atom stereocenters. The van der Waals surface area contributed by atoms with Gasteiger partial charge in [0.15, 0.2) is 0 Å². The highest BCUT2D eigenvalue weighted by molar-refractivity contribution is 7.92. The van der Waals surface area contributed by atoms with Crippen LogP contribution < -0.4 is 9.62 Å². The molecule has 1 aliphatic rings. The van der Waals surface area contributed by atoms with Crippen molar-refractivity contribution in [3.63, 3.8) is 0 Å². The molecule has 1 fully saturated rings. The molecular formula is C31H34Cl2FN3O4S. The Balaban J connectivity index is 1.74. The van der Waals surface area contributed by atoms with Gasteiger partial charge >= 0.3 is 0 Å². The summed E-state index contributed by atoms with van der Waals surface area (Å²) >= 11 is 12.7. The topological polar surface area (TPSA) is 86.8 Å². The maximum absolute atomic E-state index is 14.2. The zero-order chi connectivity index (χ0) is 30.4. The van der Waals surface area contributed by atoms with Gasteiger partial charge in [0.05, 0.1) is 15.6 Å². The number of rotatable bonds is 11.